The molecule has 2 rings (SSSR count). The zero-order valence-electron chi connectivity index (χ0n) is 8.50. The normalized spacial score (nSPS) is 10.3. The van der Waals surface area contributed by atoms with E-state index in [1.807, 2.05) is 25.2 Å². The van der Waals surface area contributed by atoms with E-state index in [1.54, 1.807) is 11.3 Å². The highest BCUT2D eigenvalue weighted by Crippen LogP contribution is 2.27. The Morgan fingerprint density at radius 2 is 2.27 bits per heavy atom. The van der Waals surface area contributed by atoms with Crippen LogP contribution in [-0.2, 0) is 4.79 Å². The van der Waals surface area contributed by atoms with Crippen molar-refractivity contribution >= 4 is 38.3 Å². The summed E-state index contributed by atoms with van der Waals surface area (Å²) in [4.78, 5) is 15.2. The largest absolute Gasteiger partial charge is 0.365 e. The Balaban J connectivity index is 2.41. The van der Waals surface area contributed by atoms with Crippen LogP contribution in [0.2, 0.25) is 0 Å². The molecule has 1 aromatic heterocycles. The van der Waals surface area contributed by atoms with Gasteiger partial charge in [0, 0.05) is 19.7 Å². The summed E-state index contributed by atoms with van der Waals surface area (Å²) in [7, 11) is 1.84. The van der Waals surface area contributed by atoms with Gasteiger partial charge in [0.25, 0.3) is 0 Å². The number of hydrogen-bond donors (Lipinski definition) is 2. The first-order valence-corrected chi connectivity index (χ1v) is 5.36. The molecule has 0 bridgehead atoms. The van der Waals surface area contributed by atoms with Crippen LogP contribution in [0.5, 0.6) is 0 Å². The Hall–Kier alpha value is -1.62. The number of nitrogens with one attached hydrogen (secondary N) is 2. The van der Waals surface area contributed by atoms with Crippen LogP contribution in [0.3, 0.4) is 0 Å². The molecule has 0 atom stereocenters. The second kappa shape index (κ2) is 3.86. The van der Waals surface area contributed by atoms with Crippen LogP contribution in [-0.4, -0.2) is 17.9 Å². The monoisotopic (exact) mass is 221 g/mol. The van der Waals surface area contributed by atoms with E-state index in [0.29, 0.717) is 0 Å². The maximum atomic E-state index is 10.9. The van der Waals surface area contributed by atoms with Gasteiger partial charge in [0.1, 0.15) is 0 Å². The number of carbonyl (C=O) groups is 1. The fourth-order valence-electron chi connectivity index (χ4n) is 1.31. The van der Waals surface area contributed by atoms with Gasteiger partial charge in [-0.15, -0.1) is 0 Å². The van der Waals surface area contributed by atoms with E-state index < -0.39 is 0 Å². The number of hydrogen-bond acceptors (Lipinski definition) is 4. The highest BCUT2D eigenvalue weighted by Gasteiger charge is 2.03. The van der Waals surface area contributed by atoms with Crippen LogP contribution in [0.25, 0.3) is 10.2 Å². The Bertz CT molecular complexity index is 506. The minimum Gasteiger partial charge on any atom is -0.365 e. The first-order valence-electron chi connectivity index (χ1n) is 4.55. The minimum atomic E-state index is -0.0623. The summed E-state index contributed by atoms with van der Waals surface area (Å²) in [5.41, 5.74) is 1.75. The third-order valence-corrected chi connectivity index (χ3v) is 2.96. The van der Waals surface area contributed by atoms with Gasteiger partial charge in [0.05, 0.1) is 10.2 Å². The van der Waals surface area contributed by atoms with Crippen molar-refractivity contribution in [2.24, 2.45) is 0 Å². The number of amides is 1. The number of thiazole rings is 1. The van der Waals surface area contributed by atoms with Crippen molar-refractivity contribution in [1.29, 1.82) is 0 Å². The van der Waals surface area contributed by atoms with E-state index in [2.05, 4.69) is 15.6 Å². The van der Waals surface area contributed by atoms with Crippen LogP contribution in [0.1, 0.15) is 6.92 Å². The summed E-state index contributed by atoms with van der Waals surface area (Å²) >= 11 is 1.56. The van der Waals surface area contributed by atoms with Gasteiger partial charge >= 0.3 is 0 Å². The molecule has 1 aromatic carbocycles. The third-order valence-electron chi connectivity index (χ3n) is 1.92. The smallest absolute Gasteiger partial charge is 0.221 e. The number of fused-ring (bicyclic) bond motifs is 1. The molecule has 0 aliphatic rings. The summed E-state index contributed by atoms with van der Waals surface area (Å²) in [6.07, 6.45) is 0. The van der Waals surface area contributed by atoms with Crippen molar-refractivity contribution in [3.63, 3.8) is 0 Å². The highest BCUT2D eigenvalue weighted by atomic mass is 32.1. The molecule has 4 nitrogen and oxygen atoms in total. The topological polar surface area (TPSA) is 54.0 Å². The van der Waals surface area contributed by atoms with Gasteiger partial charge in [0.15, 0.2) is 5.13 Å². The average Bonchev–Trinajstić information content (AvgIpc) is 2.58. The molecule has 0 aliphatic heterocycles. The number of anilines is 2. The molecular formula is C10H11N3OS. The predicted octanol–water partition coefficient (Wildman–Crippen LogP) is 2.30. The van der Waals surface area contributed by atoms with Crippen molar-refractivity contribution < 1.29 is 4.79 Å². The molecule has 1 amide bonds. The zero-order chi connectivity index (χ0) is 10.8. The summed E-state index contributed by atoms with van der Waals surface area (Å²) in [5, 5.41) is 6.62. The van der Waals surface area contributed by atoms with Gasteiger partial charge in [-0.2, -0.15) is 0 Å². The van der Waals surface area contributed by atoms with E-state index in [-0.39, 0.29) is 5.91 Å². The first-order chi connectivity index (χ1) is 7.19. The molecule has 0 saturated heterocycles. The lowest BCUT2D eigenvalue weighted by Crippen LogP contribution is -2.05. The van der Waals surface area contributed by atoms with Gasteiger partial charge in [-0.3, -0.25) is 4.79 Å². The molecular weight excluding hydrogens is 210 g/mol. The molecule has 2 N–H and O–H groups in total. The number of benzene rings is 1. The second-order valence-corrected chi connectivity index (χ2v) is 4.16. The van der Waals surface area contributed by atoms with Crippen LogP contribution in [0, 0.1) is 0 Å². The fraction of sp³-hybridized carbons (Fsp3) is 0.200. The van der Waals surface area contributed by atoms with Gasteiger partial charge < -0.3 is 10.6 Å². The van der Waals surface area contributed by atoms with Crippen molar-refractivity contribution in [2.45, 2.75) is 6.92 Å². The number of rotatable bonds is 2. The Morgan fingerprint density at radius 3 is 2.93 bits per heavy atom. The lowest BCUT2D eigenvalue weighted by Gasteiger charge is -1.99. The van der Waals surface area contributed by atoms with Crippen LogP contribution in [0.4, 0.5) is 10.8 Å². The number of nitrogens with zero attached hydrogens (tertiary/aromatic N) is 1. The molecule has 0 fully saturated rings. The van der Waals surface area contributed by atoms with Crippen molar-refractivity contribution in [1.82, 2.24) is 4.98 Å². The van der Waals surface area contributed by atoms with Crippen LogP contribution >= 0.6 is 11.3 Å². The zero-order valence-corrected chi connectivity index (χ0v) is 9.31. The van der Waals surface area contributed by atoms with E-state index in [1.165, 1.54) is 6.92 Å². The van der Waals surface area contributed by atoms with Gasteiger partial charge in [-0.1, -0.05) is 11.3 Å². The predicted molar refractivity (Wildman–Crippen MR) is 63.5 cm³/mol. The number of aromatic nitrogens is 1. The quantitative estimate of drug-likeness (QED) is 0.818. The third kappa shape index (κ3) is 2.07. The summed E-state index contributed by atoms with van der Waals surface area (Å²) in [5.74, 6) is -0.0623. The number of carbonyl (C=O) groups excluding carboxylic acids is 1. The Morgan fingerprint density at radius 1 is 1.47 bits per heavy atom. The molecule has 15 heavy (non-hydrogen) atoms. The van der Waals surface area contributed by atoms with Crippen molar-refractivity contribution in [2.75, 3.05) is 17.7 Å². The molecule has 2 aromatic rings. The molecule has 0 aliphatic carbocycles. The van der Waals surface area contributed by atoms with E-state index >= 15 is 0 Å². The molecule has 0 radical (unpaired) electrons. The van der Waals surface area contributed by atoms with Crippen LogP contribution in [0.15, 0.2) is 18.2 Å². The van der Waals surface area contributed by atoms with E-state index in [4.69, 9.17) is 0 Å². The average molecular weight is 221 g/mol. The summed E-state index contributed by atoms with van der Waals surface area (Å²) < 4.78 is 1.06. The fourth-order valence-corrected chi connectivity index (χ4v) is 2.17. The first kappa shape index (κ1) is 9.92. The molecule has 78 valence electrons. The lowest BCUT2D eigenvalue weighted by molar-refractivity contribution is -0.114. The maximum absolute atomic E-state index is 10.9. The van der Waals surface area contributed by atoms with E-state index in [9.17, 15) is 4.79 Å². The second-order valence-electron chi connectivity index (χ2n) is 3.13. The lowest BCUT2D eigenvalue weighted by atomic mass is 10.3. The van der Waals surface area contributed by atoms with Crippen molar-refractivity contribution in [3.8, 4) is 0 Å². The molecule has 0 spiro atoms. The standard InChI is InChI=1S/C10H11N3OS/c1-6(14)12-7-3-4-8-9(5-7)15-10(11-2)13-8/h3-5H,1-2H3,(H,11,13)(H,12,14). The van der Waals surface area contributed by atoms with Gasteiger partial charge in [-0.05, 0) is 18.2 Å². The highest BCUT2D eigenvalue weighted by molar-refractivity contribution is 7.22. The van der Waals surface area contributed by atoms with Crippen molar-refractivity contribution in [3.05, 3.63) is 18.2 Å². The summed E-state index contributed by atoms with van der Waals surface area (Å²) in [6, 6.07) is 5.68. The SMILES string of the molecule is CNc1nc2ccc(NC(C)=O)cc2s1. The van der Waals surface area contributed by atoms with E-state index in [0.717, 1.165) is 21.0 Å². The minimum absolute atomic E-state index is 0.0623. The molecule has 1 heterocycles. The molecule has 0 saturated carbocycles. The van der Waals surface area contributed by atoms with Gasteiger partial charge in [-0.25, -0.2) is 4.98 Å². The Labute approximate surface area is 91.3 Å². The maximum Gasteiger partial charge on any atom is 0.221 e. The Kier molecular flexibility index (Phi) is 2.55. The van der Waals surface area contributed by atoms with Crippen LogP contribution < -0.4 is 10.6 Å². The molecule has 0 unspecified atom stereocenters. The van der Waals surface area contributed by atoms with Gasteiger partial charge in [0.2, 0.25) is 5.91 Å². The summed E-state index contributed by atoms with van der Waals surface area (Å²) in [6.45, 7) is 1.50. The molecule has 5 heteroatoms.